The molecule has 0 spiro atoms. The zero-order valence-electron chi connectivity index (χ0n) is 11.6. The summed E-state index contributed by atoms with van der Waals surface area (Å²) in [5.41, 5.74) is 0.553. The number of nitrogens with zero attached hydrogens (tertiary/aromatic N) is 2. The number of benzene rings is 1. The minimum atomic E-state index is -0.575. The first-order chi connectivity index (χ1) is 10.5. The number of hydrogen-bond donors (Lipinski definition) is 0. The highest BCUT2D eigenvalue weighted by Crippen LogP contribution is 2.28. The molecule has 0 aliphatic heterocycles. The predicted molar refractivity (Wildman–Crippen MR) is 85.8 cm³/mol. The smallest absolute Gasteiger partial charge is 0.406 e. The summed E-state index contributed by atoms with van der Waals surface area (Å²) in [5, 5.41) is 11.4. The number of aryl methyl sites for hydroxylation is 1. The largest absolute Gasteiger partial charge is 0.488 e. The number of pyridine rings is 1. The normalized spacial score (nSPS) is 10.3. The Hall–Kier alpha value is -1.86. The Morgan fingerprint density at radius 3 is 2.50 bits per heavy atom. The molecule has 0 saturated carbocycles. The molecule has 22 heavy (non-hydrogen) atoms. The zero-order valence-corrected chi connectivity index (χ0v) is 13.9. The second-order valence-electron chi connectivity index (χ2n) is 4.30. The predicted octanol–water partition coefficient (Wildman–Crippen LogP) is 4.17. The van der Waals surface area contributed by atoms with E-state index in [1.54, 1.807) is 31.2 Å². The summed E-state index contributed by atoms with van der Waals surface area (Å²) < 4.78 is 11.7. The third-order valence-corrected chi connectivity index (χ3v) is 3.43. The van der Waals surface area contributed by atoms with E-state index in [9.17, 15) is 10.1 Å². The van der Waals surface area contributed by atoms with E-state index >= 15 is 0 Å². The lowest BCUT2D eigenvalue weighted by Crippen LogP contribution is -2.10. The van der Waals surface area contributed by atoms with E-state index in [-0.39, 0.29) is 24.8 Å². The van der Waals surface area contributed by atoms with E-state index in [0.717, 1.165) is 4.47 Å². The standard InChI is InChI=1S/C14H12BrClN2O4/c1-9-2-4-13(14(17-9)18(19)20)22-7-6-21-12-5-3-10(15)8-11(12)16/h2-5,8H,6-7H2,1H3. The molecule has 6 nitrogen and oxygen atoms in total. The molecule has 0 N–H and O–H groups in total. The molecule has 2 aromatic rings. The first-order valence-electron chi connectivity index (χ1n) is 6.30. The van der Waals surface area contributed by atoms with Gasteiger partial charge in [-0.2, -0.15) is 0 Å². The van der Waals surface area contributed by atoms with Gasteiger partial charge in [0.15, 0.2) is 0 Å². The molecule has 0 unspecified atom stereocenters. The Labute approximate surface area is 140 Å². The number of nitro groups is 1. The SMILES string of the molecule is Cc1ccc(OCCOc2ccc(Br)cc2Cl)c([N+](=O)[O-])n1. The van der Waals surface area contributed by atoms with E-state index in [1.807, 2.05) is 0 Å². The van der Waals surface area contributed by atoms with Crippen LogP contribution in [0.25, 0.3) is 0 Å². The van der Waals surface area contributed by atoms with Crippen molar-refractivity contribution >= 4 is 33.3 Å². The van der Waals surface area contributed by atoms with Crippen molar-refractivity contribution < 1.29 is 14.4 Å². The van der Waals surface area contributed by atoms with Crippen LogP contribution in [0, 0.1) is 17.0 Å². The molecule has 0 fully saturated rings. The fraction of sp³-hybridized carbons (Fsp3) is 0.214. The topological polar surface area (TPSA) is 74.5 Å². The first kappa shape index (κ1) is 16.5. The van der Waals surface area contributed by atoms with Crippen molar-refractivity contribution in [1.29, 1.82) is 0 Å². The highest BCUT2D eigenvalue weighted by molar-refractivity contribution is 9.10. The third kappa shape index (κ3) is 4.32. The maximum Gasteiger partial charge on any atom is 0.406 e. The average molecular weight is 388 g/mol. The maximum atomic E-state index is 10.9. The highest BCUT2D eigenvalue weighted by atomic mass is 79.9. The molecule has 1 aromatic carbocycles. The average Bonchev–Trinajstić information content (AvgIpc) is 2.46. The molecule has 8 heteroatoms. The lowest BCUT2D eigenvalue weighted by atomic mass is 10.3. The van der Waals surface area contributed by atoms with Gasteiger partial charge in [-0.3, -0.25) is 0 Å². The summed E-state index contributed by atoms with van der Waals surface area (Å²) in [7, 11) is 0. The van der Waals surface area contributed by atoms with Crippen LogP contribution < -0.4 is 9.47 Å². The minimum absolute atomic E-state index is 0.112. The molecular weight excluding hydrogens is 376 g/mol. The van der Waals surface area contributed by atoms with E-state index in [0.29, 0.717) is 16.5 Å². The van der Waals surface area contributed by atoms with Gasteiger partial charge >= 0.3 is 5.82 Å². The van der Waals surface area contributed by atoms with Crippen LogP contribution in [-0.4, -0.2) is 23.1 Å². The Morgan fingerprint density at radius 1 is 1.23 bits per heavy atom. The van der Waals surface area contributed by atoms with Crippen LogP contribution in [0.15, 0.2) is 34.8 Å². The second-order valence-corrected chi connectivity index (χ2v) is 5.63. The third-order valence-electron chi connectivity index (χ3n) is 2.64. The maximum absolute atomic E-state index is 10.9. The van der Waals surface area contributed by atoms with Gasteiger partial charge in [-0.25, -0.2) is 0 Å². The summed E-state index contributed by atoms with van der Waals surface area (Å²) in [6.07, 6.45) is 0. The fourth-order valence-corrected chi connectivity index (χ4v) is 2.40. The highest BCUT2D eigenvalue weighted by Gasteiger charge is 2.17. The molecule has 1 aromatic heterocycles. The molecule has 0 bridgehead atoms. The summed E-state index contributed by atoms with van der Waals surface area (Å²) in [6, 6.07) is 8.41. The number of hydrogen-bond acceptors (Lipinski definition) is 5. The van der Waals surface area contributed by atoms with Crippen molar-refractivity contribution in [2.24, 2.45) is 0 Å². The summed E-state index contributed by atoms with van der Waals surface area (Å²) in [6.45, 7) is 2.01. The summed E-state index contributed by atoms with van der Waals surface area (Å²) in [4.78, 5) is 14.2. The molecule has 0 aliphatic rings. The van der Waals surface area contributed by atoms with Gasteiger partial charge in [0.25, 0.3) is 0 Å². The van der Waals surface area contributed by atoms with Crippen LogP contribution in [0.3, 0.4) is 0 Å². The van der Waals surface area contributed by atoms with Crippen LogP contribution in [0.5, 0.6) is 11.5 Å². The van der Waals surface area contributed by atoms with Gasteiger partial charge in [-0.05, 0) is 40.2 Å². The van der Waals surface area contributed by atoms with Crippen LogP contribution in [0.4, 0.5) is 5.82 Å². The molecule has 0 aliphatic carbocycles. The van der Waals surface area contributed by atoms with Gasteiger partial charge in [0.1, 0.15) is 24.7 Å². The first-order valence-corrected chi connectivity index (χ1v) is 7.47. The van der Waals surface area contributed by atoms with Crippen molar-refractivity contribution in [3.63, 3.8) is 0 Å². The molecule has 0 saturated heterocycles. The van der Waals surface area contributed by atoms with Crippen LogP contribution >= 0.6 is 27.5 Å². The van der Waals surface area contributed by atoms with Gasteiger partial charge in [-0.15, -0.1) is 0 Å². The Morgan fingerprint density at radius 2 is 1.86 bits per heavy atom. The van der Waals surface area contributed by atoms with Gasteiger partial charge in [-0.1, -0.05) is 27.5 Å². The van der Waals surface area contributed by atoms with E-state index < -0.39 is 4.92 Å². The van der Waals surface area contributed by atoms with E-state index in [1.165, 1.54) is 6.07 Å². The number of rotatable bonds is 6. The Balaban J connectivity index is 1.93. The molecular formula is C14H12BrClN2O4. The number of ether oxygens (including phenoxy) is 2. The van der Waals surface area contributed by atoms with Gasteiger partial charge in [0.05, 0.1) is 5.02 Å². The monoisotopic (exact) mass is 386 g/mol. The van der Waals surface area contributed by atoms with E-state index in [2.05, 4.69) is 20.9 Å². The van der Waals surface area contributed by atoms with Crippen molar-refractivity contribution in [1.82, 2.24) is 4.98 Å². The van der Waals surface area contributed by atoms with Crippen LogP contribution in [0.2, 0.25) is 5.02 Å². The fourth-order valence-electron chi connectivity index (χ4n) is 1.67. The lowest BCUT2D eigenvalue weighted by Gasteiger charge is -2.09. The minimum Gasteiger partial charge on any atom is -0.488 e. The summed E-state index contributed by atoms with van der Waals surface area (Å²) >= 11 is 9.32. The zero-order chi connectivity index (χ0) is 16.1. The van der Waals surface area contributed by atoms with Crippen molar-refractivity contribution in [2.45, 2.75) is 6.92 Å². The Bertz CT molecular complexity index is 697. The van der Waals surface area contributed by atoms with Crippen molar-refractivity contribution in [3.8, 4) is 11.5 Å². The second kappa shape index (κ2) is 7.42. The quantitative estimate of drug-likeness (QED) is 0.422. The Kier molecular flexibility index (Phi) is 5.57. The molecule has 0 amide bonds. The molecule has 0 radical (unpaired) electrons. The molecule has 0 atom stereocenters. The number of aromatic nitrogens is 1. The molecule has 116 valence electrons. The van der Waals surface area contributed by atoms with Crippen LogP contribution in [-0.2, 0) is 0 Å². The van der Waals surface area contributed by atoms with E-state index in [4.69, 9.17) is 21.1 Å². The summed E-state index contributed by atoms with van der Waals surface area (Å²) in [5.74, 6) is 0.327. The van der Waals surface area contributed by atoms with Crippen molar-refractivity contribution in [3.05, 3.63) is 55.6 Å². The van der Waals surface area contributed by atoms with Gasteiger partial charge in [0, 0.05) is 11.4 Å². The van der Waals surface area contributed by atoms with Crippen LogP contribution in [0.1, 0.15) is 5.69 Å². The number of halogens is 2. The van der Waals surface area contributed by atoms with Gasteiger partial charge in [0.2, 0.25) is 5.75 Å². The molecule has 1 heterocycles. The lowest BCUT2D eigenvalue weighted by molar-refractivity contribution is -0.390. The van der Waals surface area contributed by atoms with Crippen molar-refractivity contribution in [2.75, 3.05) is 13.2 Å². The molecule has 2 rings (SSSR count). The van der Waals surface area contributed by atoms with Gasteiger partial charge < -0.3 is 19.6 Å².